The Labute approximate surface area is 229 Å². The lowest BCUT2D eigenvalue weighted by Gasteiger charge is -2.31. The number of rotatable bonds is 6. The van der Waals surface area contributed by atoms with Gasteiger partial charge in [0, 0.05) is 21.8 Å². The third-order valence-electron chi connectivity index (χ3n) is 5.83. The molecule has 0 fully saturated rings. The SMILES string of the molecule is O=C(CN1c2ccccc2-c2ccccc2S1(=O)=O)Nc1ccc(S(=O)(=O)Nc2ccc(Cl)cc2Cl)cc1. The van der Waals surface area contributed by atoms with Crippen molar-refractivity contribution in [3.05, 3.63) is 101 Å². The van der Waals surface area contributed by atoms with Crippen molar-refractivity contribution in [3.63, 3.8) is 0 Å². The topological polar surface area (TPSA) is 113 Å². The number of anilines is 3. The highest BCUT2D eigenvalue weighted by molar-refractivity contribution is 7.93. The lowest BCUT2D eigenvalue weighted by atomic mass is 10.0. The van der Waals surface area contributed by atoms with Crippen molar-refractivity contribution in [2.75, 3.05) is 20.9 Å². The molecule has 1 aliphatic heterocycles. The first-order valence-electron chi connectivity index (χ1n) is 11.2. The van der Waals surface area contributed by atoms with Crippen LogP contribution in [0.2, 0.25) is 10.0 Å². The third-order valence-corrected chi connectivity index (χ3v) is 9.58. The van der Waals surface area contributed by atoms with Gasteiger partial charge in [0.2, 0.25) is 5.91 Å². The second-order valence-electron chi connectivity index (χ2n) is 8.33. The smallest absolute Gasteiger partial charge is 0.265 e. The Hall–Kier alpha value is -3.57. The van der Waals surface area contributed by atoms with Gasteiger partial charge in [-0.05, 0) is 54.6 Å². The molecule has 0 spiro atoms. The summed E-state index contributed by atoms with van der Waals surface area (Å²) in [7, 11) is -7.95. The van der Waals surface area contributed by atoms with Crippen LogP contribution in [-0.2, 0) is 24.8 Å². The Balaban J connectivity index is 1.33. The quantitative estimate of drug-likeness (QED) is 0.304. The molecule has 1 amide bonds. The number of sulfonamides is 2. The van der Waals surface area contributed by atoms with Crippen molar-refractivity contribution in [3.8, 4) is 11.1 Å². The molecule has 1 heterocycles. The van der Waals surface area contributed by atoms with Crippen LogP contribution in [-0.4, -0.2) is 29.3 Å². The van der Waals surface area contributed by atoms with E-state index in [1.165, 1.54) is 48.5 Å². The summed E-state index contributed by atoms with van der Waals surface area (Å²) < 4.78 is 55.7. The van der Waals surface area contributed by atoms with Crippen LogP contribution < -0.4 is 14.3 Å². The van der Waals surface area contributed by atoms with E-state index in [0.29, 0.717) is 27.5 Å². The molecule has 0 aromatic heterocycles. The van der Waals surface area contributed by atoms with Crippen LogP contribution in [0, 0.1) is 0 Å². The molecule has 0 bridgehead atoms. The Bertz CT molecular complexity index is 1780. The highest BCUT2D eigenvalue weighted by Gasteiger charge is 2.35. The van der Waals surface area contributed by atoms with Gasteiger partial charge in [-0.3, -0.25) is 13.8 Å². The monoisotopic (exact) mass is 587 g/mol. The first-order chi connectivity index (χ1) is 18.1. The molecule has 0 saturated carbocycles. The van der Waals surface area contributed by atoms with Gasteiger partial charge < -0.3 is 5.32 Å². The summed E-state index contributed by atoms with van der Waals surface area (Å²) >= 11 is 11.9. The Morgan fingerprint density at radius 2 is 1.50 bits per heavy atom. The summed E-state index contributed by atoms with van der Waals surface area (Å²) in [6.45, 7) is -0.468. The Morgan fingerprint density at radius 3 is 2.21 bits per heavy atom. The van der Waals surface area contributed by atoms with Crippen LogP contribution in [0.25, 0.3) is 11.1 Å². The standard InChI is InChI=1S/C26H19Cl2N3O5S2/c27-17-9-14-23(22(28)15-17)30-37(33,34)19-12-10-18(11-13-19)29-26(32)16-31-24-7-3-1-5-20(24)21-6-2-4-8-25(21)38(31,35)36/h1-15,30H,16H2,(H,29,32). The molecular weight excluding hydrogens is 569 g/mol. The number of carbonyl (C=O) groups is 1. The highest BCUT2D eigenvalue weighted by atomic mass is 35.5. The molecule has 12 heteroatoms. The molecule has 8 nitrogen and oxygen atoms in total. The minimum Gasteiger partial charge on any atom is -0.325 e. The minimum absolute atomic E-state index is 0.0642. The number of halogens is 2. The maximum absolute atomic E-state index is 13.4. The number of benzene rings is 4. The minimum atomic E-state index is -3.98. The van der Waals surface area contributed by atoms with E-state index in [0.717, 1.165) is 4.31 Å². The second-order valence-corrected chi connectivity index (χ2v) is 12.7. The van der Waals surface area contributed by atoms with Crippen LogP contribution in [0.5, 0.6) is 0 Å². The molecule has 5 rings (SSSR count). The van der Waals surface area contributed by atoms with E-state index in [1.54, 1.807) is 42.5 Å². The van der Waals surface area contributed by atoms with Gasteiger partial charge in [-0.25, -0.2) is 16.8 Å². The second kappa shape index (κ2) is 9.95. The Kier molecular flexibility index (Phi) is 6.83. The number of amides is 1. The molecule has 1 aliphatic rings. The summed E-state index contributed by atoms with van der Waals surface area (Å²) in [5, 5.41) is 3.13. The molecule has 2 N–H and O–H groups in total. The van der Waals surface area contributed by atoms with Gasteiger partial charge in [0.05, 0.1) is 26.2 Å². The van der Waals surface area contributed by atoms with Crippen molar-refractivity contribution >= 4 is 66.2 Å². The summed E-state index contributed by atoms with van der Waals surface area (Å²) in [6, 6.07) is 23.4. The fraction of sp³-hybridized carbons (Fsp3) is 0.0385. The van der Waals surface area contributed by atoms with Crippen molar-refractivity contribution in [1.29, 1.82) is 0 Å². The van der Waals surface area contributed by atoms with Gasteiger partial charge in [-0.1, -0.05) is 59.6 Å². The predicted molar refractivity (Wildman–Crippen MR) is 149 cm³/mol. The van der Waals surface area contributed by atoms with Crippen LogP contribution in [0.15, 0.2) is 101 Å². The average Bonchev–Trinajstić information content (AvgIpc) is 2.89. The van der Waals surface area contributed by atoms with Crippen molar-refractivity contribution in [2.45, 2.75) is 9.79 Å². The van der Waals surface area contributed by atoms with Crippen LogP contribution >= 0.6 is 23.2 Å². The van der Waals surface area contributed by atoms with Gasteiger partial charge in [0.15, 0.2) is 0 Å². The number of hydrogen-bond acceptors (Lipinski definition) is 5. The maximum Gasteiger partial charge on any atom is 0.265 e. The zero-order valence-electron chi connectivity index (χ0n) is 19.4. The summed E-state index contributed by atoms with van der Waals surface area (Å²) in [6.07, 6.45) is 0. The van der Waals surface area contributed by atoms with Crippen molar-refractivity contribution in [1.82, 2.24) is 0 Å². The molecule has 0 atom stereocenters. The van der Waals surface area contributed by atoms with Gasteiger partial charge in [0.25, 0.3) is 20.0 Å². The van der Waals surface area contributed by atoms with E-state index in [-0.39, 0.29) is 20.5 Å². The van der Waals surface area contributed by atoms with Crippen LogP contribution in [0.4, 0.5) is 17.1 Å². The van der Waals surface area contributed by atoms with Gasteiger partial charge in [-0.2, -0.15) is 0 Å². The Morgan fingerprint density at radius 1 is 0.842 bits per heavy atom. The summed E-state index contributed by atoms with van der Waals surface area (Å²) in [4.78, 5) is 13.0. The van der Waals surface area contributed by atoms with Gasteiger partial charge in [-0.15, -0.1) is 0 Å². The normalized spacial score (nSPS) is 13.8. The van der Waals surface area contributed by atoms with Crippen molar-refractivity contribution < 1.29 is 21.6 Å². The molecule has 0 radical (unpaired) electrons. The number of carbonyl (C=O) groups excluding carboxylic acids is 1. The molecule has 0 saturated heterocycles. The van der Waals surface area contributed by atoms with E-state index in [1.807, 2.05) is 0 Å². The third kappa shape index (κ3) is 4.95. The number of nitrogens with one attached hydrogen (secondary N) is 2. The maximum atomic E-state index is 13.4. The van der Waals surface area contributed by atoms with E-state index in [4.69, 9.17) is 23.2 Å². The average molecular weight is 588 g/mol. The summed E-state index contributed by atoms with van der Waals surface area (Å²) in [5.74, 6) is -0.593. The molecular formula is C26H19Cl2N3O5S2. The molecule has 194 valence electrons. The highest BCUT2D eigenvalue weighted by Crippen LogP contribution is 2.42. The van der Waals surface area contributed by atoms with Gasteiger partial charge in [0.1, 0.15) is 6.54 Å². The van der Waals surface area contributed by atoms with E-state index >= 15 is 0 Å². The molecule has 0 aliphatic carbocycles. The first kappa shape index (κ1) is 26.1. The molecule has 38 heavy (non-hydrogen) atoms. The van der Waals surface area contributed by atoms with E-state index in [2.05, 4.69) is 10.0 Å². The van der Waals surface area contributed by atoms with E-state index in [9.17, 15) is 21.6 Å². The van der Waals surface area contributed by atoms with Crippen molar-refractivity contribution in [2.24, 2.45) is 0 Å². The fourth-order valence-electron chi connectivity index (χ4n) is 4.08. The number of para-hydroxylation sites is 1. The molecule has 0 unspecified atom stereocenters. The zero-order valence-corrected chi connectivity index (χ0v) is 22.6. The first-order valence-corrected chi connectivity index (χ1v) is 14.8. The van der Waals surface area contributed by atoms with Gasteiger partial charge >= 0.3 is 0 Å². The molecule has 4 aromatic carbocycles. The zero-order chi connectivity index (χ0) is 27.1. The summed E-state index contributed by atoms with van der Waals surface area (Å²) in [5.41, 5.74) is 2.13. The van der Waals surface area contributed by atoms with Crippen LogP contribution in [0.1, 0.15) is 0 Å². The number of nitrogens with zero attached hydrogens (tertiary/aromatic N) is 1. The predicted octanol–water partition coefficient (Wildman–Crippen LogP) is 5.61. The van der Waals surface area contributed by atoms with Crippen LogP contribution in [0.3, 0.4) is 0 Å². The number of hydrogen-bond donors (Lipinski definition) is 2. The van der Waals surface area contributed by atoms with E-state index < -0.39 is 32.5 Å². The lowest BCUT2D eigenvalue weighted by molar-refractivity contribution is -0.114. The largest absolute Gasteiger partial charge is 0.325 e. The lowest BCUT2D eigenvalue weighted by Crippen LogP contribution is -2.40. The number of fused-ring (bicyclic) bond motifs is 3. The molecule has 4 aromatic rings. The fourth-order valence-corrected chi connectivity index (χ4v) is 7.32.